The molecule has 4 nitrogen and oxygen atoms in total. The van der Waals surface area contributed by atoms with Gasteiger partial charge in [0.2, 0.25) is 5.91 Å². The number of halogens is 1. The standard InChI is InChI=1S/C21H18ClN3OS2/c1-27-17-8-2-14(3-9-17)18-10-20(26)25-12-24(13-28-21(25)19(18)11-23)16-6-4-15(22)5-7-16/h2-9,18H,10,12-13H2,1H3/t18-/m1/s1. The molecule has 2 aliphatic rings. The molecule has 2 aromatic carbocycles. The van der Waals surface area contributed by atoms with Crippen molar-refractivity contribution in [1.82, 2.24) is 4.90 Å². The van der Waals surface area contributed by atoms with E-state index in [0.29, 0.717) is 29.6 Å². The van der Waals surface area contributed by atoms with Gasteiger partial charge in [-0.25, -0.2) is 0 Å². The number of carbonyl (C=O) groups excluding carboxylic acids is 1. The van der Waals surface area contributed by atoms with Crippen LogP contribution in [0, 0.1) is 11.3 Å². The monoisotopic (exact) mass is 427 g/mol. The number of carbonyl (C=O) groups is 1. The fourth-order valence-corrected chi connectivity index (χ4v) is 5.20. The van der Waals surface area contributed by atoms with E-state index in [9.17, 15) is 10.1 Å². The largest absolute Gasteiger partial charge is 0.344 e. The van der Waals surface area contributed by atoms with Crippen LogP contribution in [0.25, 0.3) is 0 Å². The lowest BCUT2D eigenvalue weighted by Gasteiger charge is -2.42. The SMILES string of the molecule is CSc1ccc([C@H]2CC(=O)N3CN(c4ccc(Cl)cc4)CSC3=C2C#N)cc1. The molecule has 1 saturated heterocycles. The van der Waals surface area contributed by atoms with Gasteiger partial charge < -0.3 is 4.90 Å². The Balaban J connectivity index is 1.63. The molecular formula is C21H18ClN3OS2. The lowest BCUT2D eigenvalue weighted by Crippen LogP contribution is -2.47. The summed E-state index contributed by atoms with van der Waals surface area (Å²) in [5, 5.41) is 11.4. The van der Waals surface area contributed by atoms with Crippen molar-refractivity contribution in [2.75, 3.05) is 23.7 Å². The van der Waals surface area contributed by atoms with Gasteiger partial charge >= 0.3 is 0 Å². The Morgan fingerprint density at radius 1 is 1.18 bits per heavy atom. The number of nitrogens with zero attached hydrogens (tertiary/aromatic N) is 3. The maximum Gasteiger partial charge on any atom is 0.229 e. The highest BCUT2D eigenvalue weighted by Gasteiger charge is 2.38. The maximum absolute atomic E-state index is 12.9. The van der Waals surface area contributed by atoms with Crippen LogP contribution in [0.2, 0.25) is 5.02 Å². The van der Waals surface area contributed by atoms with E-state index in [1.165, 1.54) is 4.90 Å². The van der Waals surface area contributed by atoms with Crippen molar-refractivity contribution in [1.29, 1.82) is 5.26 Å². The Morgan fingerprint density at radius 3 is 2.54 bits per heavy atom. The van der Waals surface area contributed by atoms with Crippen molar-refractivity contribution >= 4 is 46.7 Å². The highest BCUT2D eigenvalue weighted by Crippen LogP contribution is 2.43. The molecule has 2 aliphatic heterocycles. The average Bonchev–Trinajstić information content (AvgIpc) is 2.74. The average molecular weight is 428 g/mol. The Morgan fingerprint density at radius 2 is 1.89 bits per heavy atom. The molecule has 0 aliphatic carbocycles. The van der Waals surface area contributed by atoms with Gasteiger partial charge in [0.15, 0.2) is 0 Å². The number of benzene rings is 2. The Hall–Kier alpha value is -2.07. The maximum atomic E-state index is 12.9. The van der Waals surface area contributed by atoms with Gasteiger partial charge in [0.05, 0.1) is 29.2 Å². The summed E-state index contributed by atoms with van der Waals surface area (Å²) in [6.45, 7) is 0.451. The predicted octanol–water partition coefficient (Wildman–Crippen LogP) is 5.28. The van der Waals surface area contributed by atoms with E-state index in [-0.39, 0.29) is 11.8 Å². The van der Waals surface area contributed by atoms with E-state index in [1.807, 2.05) is 54.8 Å². The van der Waals surface area contributed by atoms with Crippen molar-refractivity contribution in [3.8, 4) is 6.07 Å². The highest BCUT2D eigenvalue weighted by atomic mass is 35.5. The van der Waals surface area contributed by atoms with Crippen LogP contribution in [0.5, 0.6) is 0 Å². The number of hydrogen-bond acceptors (Lipinski definition) is 5. The zero-order valence-electron chi connectivity index (χ0n) is 15.3. The van der Waals surface area contributed by atoms with Crippen molar-refractivity contribution < 1.29 is 4.79 Å². The summed E-state index contributed by atoms with van der Waals surface area (Å²) >= 11 is 9.21. The summed E-state index contributed by atoms with van der Waals surface area (Å²) in [5.41, 5.74) is 2.73. The summed E-state index contributed by atoms with van der Waals surface area (Å²) < 4.78 is 0. The molecule has 0 N–H and O–H groups in total. The number of anilines is 1. The fraction of sp³-hybridized carbons (Fsp3) is 0.238. The number of fused-ring (bicyclic) bond motifs is 1. The van der Waals surface area contributed by atoms with Gasteiger partial charge in [-0.3, -0.25) is 9.69 Å². The lowest BCUT2D eigenvalue weighted by atomic mass is 9.86. The van der Waals surface area contributed by atoms with E-state index < -0.39 is 0 Å². The molecular weight excluding hydrogens is 410 g/mol. The molecule has 1 fully saturated rings. The molecule has 0 aromatic heterocycles. The first-order chi connectivity index (χ1) is 13.6. The summed E-state index contributed by atoms with van der Waals surface area (Å²) in [6, 6.07) is 18.1. The second-order valence-electron chi connectivity index (χ2n) is 6.61. The zero-order valence-corrected chi connectivity index (χ0v) is 17.7. The van der Waals surface area contributed by atoms with Gasteiger partial charge in [-0.05, 0) is 48.2 Å². The fourth-order valence-electron chi connectivity index (χ4n) is 3.50. The lowest BCUT2D eigenvalue weighted by molar-refractivity contribution is -0.129. The molecule has 7 heteroatoms. The molecule has 28 heavy (non-hydrogen) atoms. The van der Waals surface area contributed by atoms with Crippen molar-refractivity contribution in [3.63, 3.8) is 0 Å². The summed E-state index contributed by atoms with van der Waals surface area (Å²) in [6.07, 6.45) is 2.35. The van der Waals surface area contributed by atoms with Crippen LogP contribution in [0.3, 0.4) is 0 Å². The normalized spacial score (nSPS) is 19.5. The van der Waals surface area contributed by atoms with Gasteiger partial charge in [-0.15, -0.1) is 11.8 Å². The quantitative estimate of drug-likeness (QED) is 0.623. The third-order valence-corrected chi connectivity index (χ3v) is 7.15. The highest BCUT2D eigenvalue weighted by molar-refractivity contribution is 8.03. The Labute approximate surface area is 178 Å². The van der Waals surface area contributed by atoms with E-state index in [1.54, 1.807) is 28.4 Å². The number of hydrogen-bond donors (Lipinski definition) is 0. The van der Waals surface area contributed by atoms with Crippen LogP contribution in [-0.4, -0.2) is 29.6 Å². The van der Waals surface area contributed by atoms with Crippen molar-refractivity contribution in [3.05, 3.63) is 69.7 Å². The number of thioether (sulfide) groups is 2. The molecule has 2 heterocycles. The van der Waals surface area contributed by atoms with Gasteiger partial charge in [0, 0.05) is 27.9 Å². The minimum absolute atomic E-state index is 0.0547. The molecule has 1 atom stereocenters. The van der Waals surface area contributed by atoms with Crippen LogP contribution in [-0.2, 0) is 4.79 Å². The van der Waals surface area contributed by atoms with E-state index in [4.69, 9.17) is 11.6 Å². The second kappa shape index (κ2) is 8.12. The smallest absolute Gasteiger partial charge is 0.229 e. The number of nitriles is 1. The van der Waals surface area contributed by atoms with Crippen LogP contribution in [0.15, 0.2) is 64.0 Å². The molecule has 0 bridgehead atoms. The third kappa shape index (κ3) is 3.62. The van der Waals surface area contributed by atoms with Crippen LogP contribution in [0.1, 0.15) is 17.9 Å². The predicted molar refractivity (Wildman–Crippen MR) is 116 cm³/mol. The van der Waals surface area contributed by atoms with E-state index >= 15 is 0 Å². The van der Waals surface area contributed by atoms with Gasteiger partial charge in [-0.1, -0.05) is 35.5 Å². The second-order valence-corrected chi connectivity index (χ2v) is 8.86. The molecule has 2 aromatic rings. The molecule has 1 amide bonds. The number of amides is 1. The van der Waals surface area contributed by atoms with Crippen LogP contribution < -0.4 is 4.90 Å². The Kier molecular flexibility index (Phi) is 5.58. The first-order valence-electron chi connectivity index (χ1n) is 8.82. The Bertz CT molecular complexity index is 967. The molecule has 0 saturated carbocycles. The van der Waals surface area contributed by atoms with E-state index in [0.717, 1.165) is 16.3 Å². The van der Waals surface area contributed by atoms with Crippen LogP contribution in [0.4, 0.5) is 5.69 Å². The van der Waals surface area contributed by atoms with Gasteiger partial charge in [0.25, 0.3) is 0 Å². The van der Waals surface area contributed by atoms with E-state index in [2.05, 4.69) is 11.0 Å². The molecule has 4 rings (SSSR count). The first kappa shape index (κ1) is 19.3. The van der Waals surface area contributed by atoms with Gasteiger partial charge in [0.1, 0.15) is 0 Å². The number of rotatable bonds is 3. The topological polar surface area (TPSA) is 47.3 Å². The van der Waals surface area contributed by atoms with Crippen molar-refractivity contribution in [2.24, 2.45) is 0 Å². The molecule has 0 radical (unpaired) electrons. The first-order valence-corrected chi connectivity index (χ1v) is 11.4. The summed E-state index contributed by atoms with van der Waals surface area (Å²) in [5.74, 6) is 0.567. The third-order valence-electron chi connectivity index (χ3n) is 5.00. The zero-order chi connectivity index (χ0) is 19.7. The van der Waals surface area contributed by atoms with Crippen molar-refractivity contribution in [2.45, 2.75) is 17.2 Å². The summed E-state index contributed by atoms with van der Waals surface area (Å²) in [4.78, 5) is 18.0. The molecule has 0 unspecified atom stereocenters. The minimum Gasteiger partial charge on any atom is -0.344 e. The molecule has 0 spiro atoms. The van der Waals surface area contributed by atoms with Crippen LogP contribution >= 0.6 is 35.1 Å². The molecule has 142 valence electrons. The summed E-state index contributed by atoms with van der Waals surface area (Å²) in [7, 11) is 0. The van der Waals surface area contributed by atoms with Gasteiger partial charge in [-0.2, -0.15) is 5.26 Å². The number of allylic oxidation sites excluding steroid dienone is 1. The minimum atomic E-state index is -0.172.